The maximum atomic E-state index is 12.3. The van der Waals surface area contributed by atoms with Crippen LogP contribution in [0, 0.1) is 19.8 Å². The number of rotatable bonds is 7. The lowest BCUT2D eigenvalue weighted by Crippen LogP contribution is -2.26. The van der Waals surface area contributed by atoms with Crippen LogP contribution in [0.25, 0.3) is 0 Å². The van der Waals surface area contributed by atoms with E-state index in [2.05, 4.69) is 11.3 Å². The van der Waals surface area contributed by atoms with E-state index in [1.807, 2.05) is 19.9 Å². The van der Waals surface area contributed by atoms with Crippen LogP contribution < -0.4 is 9.47 Å². The maximum absolute atomic E-state index is 12.3. The summed E-state index contributed by atoms with van der Waals surface area (Å²) in [6.45, 7) is 8.04. The summed E-state index contributed by atoms with van der Waals surface area (Å²) in [6, 6.07) is 7.55. The molecule has 0 amide bonds. The molecule has 0 N–H and O–H groups in total. The molecule has 0 aromatic heterocycles. The van der Waals surface area contributed by atoms with E-state index in [1.54, 1.807) is 7.11 Å². The molecule has 7 heteroatoms. The topological polar surface area (TPSA) is 44.8 Å². The van der Waals surface area contributed by atoms with Crippen molar-refractivity contribution in [2.24, 2.45) is 5.92 Å². The molecule has 4 nitrogen and oxygen atoms in total. The molecule has 0 saturated carbocycles. The zero-order valence-electron chi connectivity index (χ0n) is 17.7. The van der Waals surface area contributed by atoms with Gasteiger partial charge in [-0.05, 0) is 78.3 Å². The summed E-state index contributed by atoms with van der Waals surface area (Å²) in [4.78, 5) is 11.3. The van der Waals surface area contributed by atoms with Gasteiger partial charge in [-0.3, -0.25) is 4.79 Å². The quantitative estimate of drug-likeness (QED) is 0.409. The molecule has 1 aliphatic carbocycles. The van der Waals surface area contributed by atoms with Gasteiger partial charge in [-0.2, -0.15) is 0 Å². The number of aldehydes is 1. The van der Waals surface area contributed by atoms with Crippen LogP contribution in [-0.4, -0.2) is 19.8 Å². The van der Waals surface area contributed by atoms with Gasteiger partial charge in [0.1, 0.15) is 24.4 Å². The molecule has 0 spiro atoms. The Labute approximate surface area is 179 Å². The largest absolute Gasteiger partial charge is 0.573 e. The molecule has 2 aromatic carbocycles. The SMILES string of the molecule is C=C(C=O)[C@@H]1CCc2c(C)cc(OCc3ccc(OC(F)(F)F)cc3)c(C)c2[C@@H]1OC. The lowest BCUT2D eigenvalue weighted by molar-refractivity contribution is -0.274. The van der Waals surface area contributed by atoms with Gasteiger partial charge in [0.2, 0.25) is 0 Å². The molecule has 0 radical (unpaired) electrons. The first-order chi connectivity index (χ1) is 14.6. The number of fused-ring (bicyclic) bond motifs is 1. The summed E-state index contributed by atoms with van der Waals surface area (Å²) in [5, 5.41) is 0. The Morgan fingerprint density at radius 2 is 1.90 bits per heavy atom. The highest BCUT2D eigenvalue weighted by Crippen LogP contribution is 2.45. The summed E-state index contributed by atoms with van der Waals surface area (Å²) in [7, 11) is 1.62. The summed E-state index contributed by atoms with van der Waals surface area (Å²) in [6.07, 6.45) is -2.62. The van der Waals surface area contributed by atoms with E-state index in [-0.39, 0.29) is 24.4 Å². The van der Waals surface area contributed by atoms with Crippen molar-refractivity contribution < 1.29 is 32.2 Å². The van der Waals surface area contributed by atoms with Gasteiger partial charge in [0.25, 0.3) is 0 Å². The minimum atomic E-state index is -4.72. The van der Waals surface area contributed by atoms with E-state index in [9.17, 15) is 18.0 Å². The molecule has 2 atom stereocenters. The number of hydrogen-bond acceptors (Lipinski definition) is 4. The number of methoxy groups -OCH3 is 1. The molecule has 0 bridgehead atoms. The van der Waals surface area contributed by atoms with Crippen LogP contribution in [0.5, 0.6) is 11.5 Å². The fourth-order valence-electron chi connectivity index (χ4n) is 4.18. The molecule has 3 rings (SSSR count). The summed E-state index contributed by atoms with van der Waals surface area (Å²) >= 11 is 0. The Bertz CT molecular complexity index is 964. The van der Waals surface area contributed by atoms with Crippen molar-refractivity contribution in [2.75, 3.05) is 7.11 Å². The third kappa shape index (κ3) is 5.10. The molecule has 0 heterocycles. The van der Waals surface area contributed by atoms with Gasteiger partial charge in [0.05, 0.1) is 6.10 Å². The highest BCUT2D eigenvalue weighted by atomic mass is 19.4. The maximum Gasteiger partial charge on any atom is 0.573 e. The normalized spacial score (nSPS) is 18.3. The highest BCUT2D eigenvalue weighted by Gasteiger charge is 2.34. The Kier molecular flexibility index (Phi) is 6.74. The van der Waals surface area contributed by atoms with Crippen molar-refractivity contribution in [3.05, 3.63) is 70.3 Å². The van der Waals surface area contributed by atoms with E-state index < -0.39 is 6.36 Å². The Morgan fingerprint density at radius 3 is 2.48 bits per heavy atom. The summed E-state index contributed by atoms with van der Waals surface area (Å²) < 4.78 is 52.6. The lowest BCUT2D eigenvalue weighted by Gasteiger charge is -2.35. The fourth-order valence-corrected chi connectivity index (χ4v) is 4.18. The number of alkyl halides is 3. The first-order valence-electron chi connectivity index (χ1n) is 9.91. The number of halogens is 3. The number of carbonyl (C=O) groups excluding carboxylic acids is 1. The summed E-state index contributed by atoms with van der Waals surface area (Å²) in [5.41, 5.74) is 5.43. The minimum absolute atomic E-state index is 0.0930. The van der Waals surface area contributed by atoms with Gasteiger partial charge in [-0.1, -0.05) is 18.7 Å². The van der Waals surface area contributed by atoms with Crippen LogP contribution >= 0.6 is 0 Å². The van der Waals surface area contributed by atoms with Crippen LogP contribution in [0.4, 0.5) is 13.2 Å². The van der Waals surface area contributed by atoms with Crippen LogP contribution in [0.1, 0.15) is 40.3 Å². The first kappa shape index (κ1) is 22.9. The number of benzene rings is 2. The highest BCUT2D eigenvalue weighted by molar-refractivity contribution is 5.73. The molecule has 1 aliphatic rings. The number of aryl methyl sites for hydroxylation is 1. The number of hydrogen-bond donors (Lipinski definition) is 0. The van der Waals surface area contributed by atoms with Crippen molar-refractivity contribution in [1.82, 2.24) is 0 Å². The van der Waals surface area contributed by atoms with E-state index in [0.29, 0.717) is 16.9 Å². The smallest absolute Gasteiger partial charge is 0.489 e. The third-order valence-corrected chi connectivity index (χ3v) is 5.71. The molecule has 166 valence electrons. The van der Waals surface area contributed by atoms with Crippen LogP contribution in [0.3, 0.4) is 0 Å². The van der Waals surface area contributed by atoms with Crippen molar-refractivity contribution in [1.29, 1.82) is 0 Å². The van der Waals surface area contributed by atoms with Crippen molar-refractivity contribution in [3.8, 4) is 11.5 Å². The Morgan fingerprint density at radius 1 is 1.23 bits per heavy atom. The second-order valence-electron chi connectivity index (χ2n) is 7.68. The predicted octanol–water partition coefficient (Wildman–Crippen LogP) is 5.79. The Hall–Kier alpha value is -2.80. The second kappa shape index (κ2) is 9.14. The first-order valence-corrected chi connectivity index (χ1v) is 9.91. The van der Waals surface area contributed by atoms with E-state index in [1.165, 1.54) is 29.8 Å². The molecule has 0 unspecified atom stereocenters. The van der Waals surface area contributed by atoms with E-state index in [0.717, 1.165) is 35.8 Å². The van der Waals surface area contributed by atoms with Gasteiger partial charge in [-0.25, -0.2) is 0 Å². The number of carbonyl (C=O) groups is 1. The van der Waals surface area contributed by atoms with E-state index in [4.69, 9.17) is 9.47 Å². The lowest BCUT2D eigenvalue weighted by atomic mass is 9.75. The molecule has 0 aliphatic heterocycles. The van der Waals surface area contributed by atoms with Gasteiger partial charge < -0.3 is 14.2 Å². The molecular formula is C24H25F3O4. The molecule has 31 heavy (non-hydrogen) atoms. The fraction of sp³-hybridized carbons (Fsp3) is 0.375. The zero-order valence-corrected chi connectivity index (χ0v) is 17.7. The monoisotopic (exact) mass is 434 g/mol. The summed E-state index contributed by atoms with van der Waals surface area (Å²) in [5.74, 6) is 0.303. The minimum Gasteiger partial charge on any atom is -0.489 e. The average molecular weight is 434 g/mol. The van der Waals surface area contributed by atoms with Crippen LogP contribution in [0.15, 0.2) is 42.5 Å². The molecular weight excluding hydrogens is 409 g/mol. The van der Waals surface area contributed by atoms with Crippen molar-refractivity contribution in [2.45, 2.75) is 45.8 Å². The van der Waals surface area contributed by atoms with Crippen molar-refractivity contribution >= 4 is 6.29 Å². The Balaban J connectivity index is 1.83. The number of ether oxygens (including phenoxy) is 3. The van der Waals surface area contributed by atoms with Crippen LogP contribution in [-0.2, 0) is 22.6 Å². The van der Waals surface area contributed by atoms with Crippen LogP contribution in [0.2, 0.25) is 0 Å². The van der Waals surface area contributed by atoms with Gasteiger partial charge in [0, 0.05) is 13.0 Å². The van der Waals surface area contributed by atoms with Gasteiger partial charge >= 0.3 is 6.36 Å². The molecule has 0 fully saturated rings. The average Bonchev–Trinajstić information content (AvgIpc) is 2.73. The predicted molar refractivity (Wildman–Crippen MR) is 110 cm³/mol. The second-order valence-corrected chi connectivity index (χ2v) is 7.68. The van der Waals surface area contributed by atoms with Gasteiger partial charge in [0.15, 0.2) is 0 Å². The van der Waals surface area contributed by atoms with E-state index >= 15 is 0 Å². The van der Waals surface area contributed by atoms with Gasteiger partial charge in [-0.15, -0.1) is 13.2 Å². The van der Waals surface area contributed by atoms with Crippen molar-refractivity contribution in [3.63, 3.8) is 0 Å². The standard InChI is InChI=1S/C24H25F3O4/c1-14-11-21(30-13-17-5-7-18(8-6-17)31-24(25,26)27)16(3)22-19(14)9-10-20(15(2)12-28)23(22)29-4/h5-8,11-12,20,23H,2,9-10,13H2,1,3-4H3/t20-,23+/m0/s1. The molecule has 2 aromatic rings. The zero-order chi connectivity index (χ0) is 22.8. The third-order valence-electron chi connectivity index (χ3n) is 5.71. The molecule has 0 saturated heterocycles.